The summed E-state index contributed by atoms with van der Waals surface area (Å²) in [6.07, 6.45) is 4.31. The molecule has 1 aliphatic heterocycles. The Hall–Kier alpha value is -1.97. The van der Waals surface area contributed by atoms with E-state index in [-0.39, 0.29) is 19.1 Å². The average Bonchev–Trinajstić information content (AvgIpc) is 2.86. The summed E-state index contributed by atoms with van der Waals surface area (Å²) >= 11 is 4.53. The highest BCUT2D eigenvalue weighted by Gasteiger charge is 2.45. The zero-order chi connectivity index (χ0) is 27.5. The summed E-state index contributed by atoms with van der Waals surface area (Å²) in [7, 11) is 0. The van der Waals surface area contributed by atoms with Gasteiger partial charge in [0.05, 0.1) is 13.2 Å². The molecule has 0 spiro atoms. The Balaban J connectivity index is 1.31. The van der Waals surface area contributed by atoms with Crippen LogP contribution in [0, 0.1) is 17.6 Å². The number of ether oxygens (including phenoxy) is 3. The third-order valence-corrected chi connectivity index (χ3v) is 7.46. The number of rotatable bonds is 9. The van der Waals surface area contributed by atoms with Gasteiger partial charge in [0.2, 0.25) is 6.29 Å². The van der Waals surface area contributed by atoms with Crippen LogP contribution in [-0.2, 0) is 15.9 Å². The van der Waals surface area contributed by atoms with Crippen molar-refractivity contribution in [1.29, 1.82) is 0 Å². The molecule has 0 bridgehead atoms. The van der Waals surface area contributed by atoms with Crippen LogP contribution in [0.4, 0.5) is 26.3 Å². The van der Waals surface area contributed by atoms with Crippen LogP contribution < -0.4 is 4.74 Å². The fraction of sp³-hybridized carbons (Fsp3) is 0.571. The largest absolute Gasteiger partial charge is 0.487 e. The minimum atomic E-state index is -4.36. The van der Waals surface area contributed by atoms with Crippen molar-refractivity contribution in [2.24, 2.45) is 5.92 Å². The van der Waals surface area contributed by atoms with Gasteiger partial charge in [-0.2, -0.15) is 0 Å². The molecule has 0 N–H and O–H groups in total. The molecule has 2 aromatic carbocycles. The summed E-state index contributed by atoms with van der Waals surface area (Å²) in [4.78, 5) is 0. The first kappa shape index (κ1) is 29.0. The van der Waals surface area contributed by atoms with Crippen molar-refractivity contribution in [3.63, 3.8) is 0 Å². The van der Waals surface area contributed by atoms with E-state index in [9.17, 15) is 26.3 Å². The SMILES string of the molecule is CCCC1CCC(c2ccc(C3COC(C(F)(F)Cc4cc(F)c(OC(F)(F)Cl)c(F)c4)OC3)cc2)CC1. The van der Waals surface area contributed by atoms with Crippen molar-refractivity contribution in [2.75, 3.05) is 13.2 Å². The Morgan fingerprint density at radius 3 is 1.89 bits per heavy atom. The second-order valence-corrected chi connectivity index (χ2v) is 10.7. The van der Waals surface area contributed by atoms with Crippen molar-refractivity contribution in [3.05, 3.63) is 64.7 Å². The average molecular weight is 565 g/mol. The zero-order valence-corrected chi connectivity index (χ0v) is 21.8. The number of benzene rings is 2. The summed E-state index contributed by atoms with van der Waals surface area (Å²) in [6.45, 7) is 2.20. The summed E-state index contributed by atoms with van der Waals surface area (Å²) in [6, 6.07) is 9.14. The van der Waals surface area contributed by atoms with Gasteiger partial charge >= 0.3 is 11.5 Å². The highest BCUT2D eigenvalue weighted by molar-refractivity contribution is 6.20. The Morgan fingerprint density at radius 2 is 1.39 bits per heavy atom. The summed E-state index contributed by atoms with van der Waals surface area (Å²) < 4.78 is 97.5. The maximum atomic E-state index is 14.8. The summed E-state index contributed by atoms with van der Waals surface area (Å²) in [5.74, 6) is -7.13. The maximum absolute atomic E-state index is 14.8. The van der Waals surface area contributed by atoms with Gasteiger partial charge in [0, 0.05) is 23.9 Å². The van der Waals surface area contributed by atoms with Crippen LogP contribution >= 0.6 is 11.6 Å². The number of alkyl halides is 5. The lowest BCUT2D eigenvalue weighted by atomic mass is 9.77. The van der Waals surface area contributed by atoms with Crippen molar-refractivity contribution in [3.8, 4) is 5.75 Å². The fourth-order valence-corrected chi connectivity index (χ4v) is 5.53. The molecular weight excluding hydrogens is 534 g/mol. The molecule has 0 atom stereocenters. The highest BCUT2D eigenvalue weighted by atomic mass is 35.5. The van der Waals surface area contributed by atoms with Gasteiger partial charge in [-0.3, -0.25) is 0 Å². The molecule has 4 rings (SSSR count). The van der Waals surface area contributed by atoms with Gasteiger partial charge in [0.1, 0.15) is 0 Å². The van der Waals surface area contributed by atoms with Gasteiger partial charge < -0.3 is 14.2 Å². The Labute approximate surface area is 223 Å². The predicted molar refractivity (Wildman–Crippen MR) is 131 cm³/mol. The van der Waals surface area contributed by atoms with Crippen molar-refractivity contribution < 1.29 is 40.6 Å². The van der Waals surface area contributed by atoms with Gasteiger partial charge in [-0.05, 0) is 66.3 Å². The van der Waals surface area contributed by atoms with E-state index < -0.39 is 47.1 Å². The van der Waals surface area contributed by atoms with E-state index >= 15 is 0 Å². The molecule has 2 aliphatic rings. The van der Waals surface area contributed by atoms with Crippen LogP contribution in [0.25, 0.3) is 0 Å². The van der Waals surface area contributed by atoms with Crippen molar-refractivity contribution in [1.82, 2.24) is 0 Å². The maximum Gasteiger partial charge on any atom is 0.487 e. The van der Waals surface area contributed by atoms with E-state index in [4.69, 9.17) is 9.47 Å². The Bertz CT molecular complexity index is 1040. The van der Waals surface area contributed by atoms with E-state index in [2.05, 4.69) is 35.4 Å². The van der Waals surface area contributed by atoms with Crippen LogP contribution in [-0.4, -0.2) is 31.0 Å². The smallest absolute Gasteiger partial charge is 0.414 e. The fourth-order valence-electron chi connectivity index (χ4n) is 5.46. The summed E-state index contributed by atoms with van der Waals surface area (Å²) in [5, 5.41) is 0. The van der Waals surface area contributed by atoms with Crippen LogP contribution in [0.1, 0.15) is 74.0 Å². The van der Waals surface area contributed by atoms with Gasteiger partial charge in [-0.1, -0.05) is 44.0 Å². The molecule has 3 nitrogen and oxygen atoms in total. The van der Waals surface area contributed by atoms with Crippen LogP contribution in [0.2, 0.25) is 0 Å². The number of halogens is 7. The van der Waals surface area contributed by atoms with Crippen LogP contribution in [0.3, 0.4) is 0 Å². The first-order valence-electron chi connectivity index (χ1n) is 12.9. The molecule has 0 aromatic heterocycles. The van der Waals surface area contributed by atoms with E-state index in [0.29, 0.717) is 18.1 Å². The number of hydrogen-bond donors (Lipinski definition) is 0. The quantitative estimate of drug-likeness (QED) is 0.226. The van der Waals surface area contributed by atoms with Crippen molar-refractivity contribution in [2.45, 2.75) is 81.5 Å². The normalized spacial score (nSPS) is 24.8. The molecule has 10 heteroatoms. The van der Waals surface area contributed by atoms with Gasteiger partial charge in [0.15, 0.2) is 17.4 Å². The number of hydrogen-bond acceptors (Lipinski definition) is 3. The van der Waals surface area contributed by atoms with Crippen LogP contribution in [0.15, 0.2) is 36.4 Å². The first-order chi connectivity index (χ1) is 17.9. The van der Waals surface area contributed by atoms with Crippen LogP contribution in [0.5, 0.6) is 5.75 Å². The lowest BCUT2D eigenvalue weighted by molar-refractivity contribution is -0.282. The minimum absolute atomic E-state index is 0.0119. The summed E-state index contributed by atoms with van der Waals surface area (Å²) in [5.41, 5.74) is -2.63. The third-order valence-electron chi connectivity index (χ3n) is 7.38. The van der Waals surface area contributed by atoms with Crippen molar-refractivity contribution >= 4 is 11.6 Å². The molecule has 0 unspecified atom stereocenters. The molecule has 2 aromatic rings. The third kappa shape index (κ3) is 7.36. The standard InChI is InChI=1S/C28H31ClF6O3/c1-2-3-17-4-6-19(7-5-17)20-8-10-21(11-9-20)22-15-36-26(37-16-22)27(32,33)14-18-12-23(30)25(24(31)13-18)38-28(29,34)35/h8-13,17,19,22,26H,2-7,14-16H2,1H3. The molecular formula is C28H31ClF6O3. The highest BCUT2D eigenvalue weighted by Crippen LogP contribution is 2.39. The van der Waals surface area contributed by atoms with Gasteiger partial charge in [-0.15, -0.1) is 8.78 Å². The molecule has 0 radical (unpaired) electrons. The van der Waals surface area contributed by atoms with E-state index in [1.807, 2.05) is 12.1 Å². The predicted octanol–water partition coefficient (Wildman–Crippen LogP) is 8.54. The molecule has 38 heavy (non-hydrogen) atoms. The second-order valence-electron chi connectivity index (χ2n) is 10.2. The molecule has 0 amide bonds. The first-order valence-corrected chi connectivity index (χ1v) is 13.3. The van der Waals surface area contributed by atoms with E-state index in [1.165, 1.54) is 44.1 Å². The minimum Gasteiger partial charge on any atom is -0.414 e. The topological polar surface area (TPSA) is 27.7 Å². The van der Waals surface area contributed by atoms with E-state index in [1.54, 1.807) is 0 Å². The Kier molecular flexibility index (Phi) is 9.20. The molecule has 1 heterocycles. The zero-order valence-electron chi connectivity index (χ0n) is 21.0. The van der Waals surface area contributed by atoms with Gasteiger partial charge in [-0.25, -0.2) is 17.6 Å². The molecule has 1 aliphatic carbocycles. The monoisotopic (exact) mass is 564 g/mol. The molecule has 1 saturated heterocycles. The molecule has 1 saturated carbocycles. The lowest BCUT2D eigenvalue weighted by Gasteiger charge is -2.34. The lowest BCUT2D eigenvalue weighted by Crippen LogP contribution is -2.45. The molecule has 2 fully saturated rings. The molecule has 210 valence electrons. The Morgan fingerprint density at radius 1 is 0.868 bits per heavy atom. The second kappa shape index (κ2) is 12.0. The van der Waals surface area contributed by atoms with Gasteiger partial charge in [0.25, 0.3) is 0 Å². The van der Waals surface area contributed by atoms with E-state index in [0.717, 1.165) is 11.5 Å².